The number of carbonyl (C=O) groups excluding carboxylic acids is 1. The molecule has 0 fully saturated rings. The first-order chi connectivity index (χ1) is 9.37. The van der Waals surface area contributed by atoms with Gasteiger partial charge in [-0.15, -0.1) is 0 Å². The van der Waals surface area contributed by atoms with E-state index < -0.39 is 0 Å². The molecular formula is C16H15ClFNO. The Morgan fingerprint density at radius 2 is 2.00 bits per heavy atom. The van der Waals surface area contributed by atoms with Gasteiger partial charge in [-0.2, -0.15) is 0 Å². The molecule has 0 N–H and O–H groups in total. The molecule has 3 rings (SSSR count). The summed E-state index contributed by atoms with van der Waals surface area (Å²) in [6.45, 7) is 4.12. The summed E-state index contributed by atoms with van der Waals surface area (Å²) in [6, 6.07) is 6.37. The van der Waals surface area contributed by atoms with E-state index in [0.717, 1.165) is 12.1 Å². The first-order valence-corrected chi connectivity index (χ1v) is 6.94. The summed E-state index contributed by atoms with van der Waals surface area (Å²) in [5.41, 5.74) is 1.93. The Kier molecular flexibility index (Phi) is 2.98. The van der Waals surface area contributed by atoms with Crippen LogP contribution in [-0.4, -0.2) is 10.4 Å². The minimum absolute atomic E-state index is 0.0942. The van der Waals surface area contributed by atoms with Crippen LogP contribution in [0.2, 0.25) is 5.02 Å². The van der Waals surface area contributed by atoms with Gasteiger partial charge in [0.1, 0.15) is 5.82 Å². The number of ketones is 1. The summed E-state index contributed by atoms with van der Waals surface area (Å²) < 4.78 is 15.8. The number of fused-ring (bicyclic) bond motifs is 1. The van der Waals surface area contributed by atoms with Gasteiger partial charge in [0.25, 0.3) is 0 Å². The van der Waals surface area contributed by atoms with Crippen molar-refractivity contribution >= 4 is 17.4 Å². The van der Waals surface area contributed by atoms with E-state index in [9.17, 15) is 9.18 Å². The maximum atomic E-state index is 14.1. The summed E-state index contributed by atoms with van der Waals surface area (Å²) >= 11 is 5.79. The zero-order chi connectivity index (χ0) is 14.5. The molecule has 0 spiro atoms. The van der Waals surface area contributed by atoms with Crippen LogP contribution in [0.15, 0.2) is 30.5 Å². The highest BCUT2D eigenvalue weighted by molar-refractivity contribution is 6.30. The van der Waals surface area contributed by atoms with Gasteiger partial charge in [-0.05, 0) is 36.1 Å². The van der Waals surface area contributed by atoms with Gasteiger partial charge in [0.2, 0.25) is 0 Å². The van der Waals surface area contributed by atoms with Gasteiger partial charge < -0.3 is 4.57 Å². The standard InChI is InChI=1S/C16H15ClFNO/c1-16(2)8-14-11(15(20)9-16)5-6-19(14)13-4-3-10(17)7-12(13)18/h3-7H,8-9H2,1-2H3. The van der Waals surface area contributed by atoms with Gasteiger partial charge in [0.05, 0.1) is 5.69 Å². The van der Waals surface area contributed by atoms with Crippen LogP contribution in [0, 0.1) is 11.2 Å². The normalized spacial score (nSPS) is 17.1. The Morgan fingerprint density at radius 3 is 2.70 bits per heavy atom. The van der Waals surface area contributed by atoms with Gasteiger partial charge in [-0.1, -0.05) is 25.4 Å². The highest BCUT2D eigenvalue weighted by Crippen LogP contribution is 2.36. The third-order valence-electron chi connectivity index (χ3n) is 3.75. The van der Waals surface area contributed by atoms with Crippen LogP contribution in [-0.2, 0) is 6.42 Å². The Hall–Kier alpha value is -1.61. The third kappa shape index (κ3) is 2.16. The highest BCUT2D eigenvalue weighted by atomic mass is 35.5. The molecule has 0 bridgehead atoms. The van der Waals surface area contributed by atoms with Crippen molar-refractivity contribution in [3.63, 3.8) is 0 Å². The van der Waals surface area contributed by atoms with E-state index in [1.165, 1.54) is 6.07 Å². The fourth-order valence-electron chi connectivity index (χ4n) is 2.85. The van der Waals surface area contributed by atoms with Crippen molar-refractivity contribution in [1.82, 2.24) is 4.57 Å². The van der Waals surface area contributed by atoms with Crippen molar-refractivity contribution in [3.05, 3.63) is 52.6 Å². The second kappa shape index (κ2) is 4.45. The number of benzene rings is 1. The monoisotopic (exact) mass is 291 g/mol. The van der Waals surface area contributed by atoms with E-state index in [2.05, 4.69) is 13.8 Å². The van der Waals surface area contributed by atoms with Crippen molar-refractivity contribution in [2.75, 3.05) is 0 Å². The van der Waals surface area contributed by atoms with E-state index in [1.54, 1.807) is 29.0 Å². The van der Waals surface area contributed by atoms with Crippen LogP contribution in [0.1, 0.15) is 36.3 Å². The molecule has 1 aliphatic rings. The Bertz CT molecular complexity index is 702. The molecule has 20 heavy (non-hydrogen) atoms. The molecule has 1 aromatic heterocycles. The Balaban J connectivity index is 2.16. The molecule has 0 aliphatic heterocycles. The topological polar surface area (TPSA) is 22.0 Å². The first-order valence-electron chi connectivity index (χ1n) is 6.56. The molecule has 0 saturated carbocycles. The lowest BCUT2D eigenvalue weighted by atomic mass is 9.76. The maximum Gasteiger partial charge on any atom is 0.165 e. The zero-order valence-corrected chi connectivity index (χ0v) is 12.2. The van der Waals surface area contributed by atoms with Crippen molar-refractivity contribution in [2.24, 2.45) is 5.41 Å². The van der Waals surface area contributed by atoms with Gasteiger partial charge >= 0.3 is 0 Å². The number of hydrogen-bond donors (Lipinski definition) is 0. The molecule has 104 valence electrons. The number of nitrogens with zero attached hydrogens (tertiary/aromatic N) is 1. The summed E-state index contributed by atoms with van der Waals surface area (Å²) in [4.78, 5) is 12.2. The van der Waals surface area contributed by atoms with Gasteiger partial charge in [-0.25, -0.2) is 4.39 Å². The lowest BCUT2D eigenvalue weighted by Crippen LogP contribution is -2.27. The van der Waals surface area contributed by atoms with Crippen molar-refractivity contribution in [3.8, 4) is 5.69 Å². The summed E-state index contributed by atoms with van der Waals surface area (Å²) in [7, 11) is 0. The largest absolute Gasteiger partial charge is 0.317 e. The number of Topliss-reactive ketones (excluding diaryl/α,β-unsaturated/α-hetero) is 1. The van der Waals surface area contributed by atoms with Crippen LogP contribution in [0.25, 0.3) is 5.69 Å². The molecule has 0 amide bonds. The summed E-state index contributed by atoms with van der Waals surface area (Å²) in [5, 5.41) is 0.365. The summed E-state index contributed by atoms with van der Waals surface area (Å²) in [6.07, 6.45) is 3.05. The summed E-state index contributed by atoms with van der Waals surface area (Å²) in [5.74, 6) is -0.254. The van der Waals surface area contributed by atoms with E-state index in [1.807, 2.05) is 0 Å². The lowest BCUT2D eigenvalue weighted by Gasteiger charge is -2.29. The molecule has 2 aromatic rings. The second-order valence-corrected chi connectivity index (χ2v) is 6.52. The average Bonchev–Trinajstić information content (AvgIpc) is 2.71. The highest BCUT2D eigenvalue weighted by Gasteiger charge is 2.33. The zero-order valence-electron chi connectivity index (χ0n) is 11.4. The van der Waals surface area contributed by atoms with Crippen molar-refractivity contribution in [2.45, 2.75) is 26.7 Å². The SMILES string of the molecule is CC1(C)CC(=O)c2ccn(-c3ccc(Cl)cc3F)c2C1. The van der Waals surface area contributed by atoms with E-state index in [-0.39, 0.29) is 17.0 Å². The van der Waals surface area contributed by atoms with Crippen LogP contribution >= 0.6 is 11.6 Å². The molecule has 0 radical (unpaired) electrons. The Morgan fingerprint density at radius 1 is 1.25 bits per heavy atom. The van der Waals surface area contributed by atoms with Gasteiger partial charge in [-0.3, -0.25) is 4.79 Å². The van der Waals surface area contributed by atoms with Crippen LogP contribution in [0.4, 0.5) is 4.39 Å². The number of aromatic nitrogens is 1. The van der Waals surface area contributed by atoms with Gasteiger partial charge in [0, 0.05) is 28.9 Å². The number of hydrogen-bond acceptors (Lipinski definition) is 1. The van der Waals surface area contributed by atoms with Crippen LogP contribution < -0.4 is 0 Å². The number of halogens is 2. The van der Waals surface area contributed by atoms with Crippen molar-refractivity contribution in [1.29, 1.82) is 0 Å². The number of rotatable bonds is 1. The predicted molar refractivity (Wildman–Crippen MR) is 77.2 cm³/mol. The van der Waals surface area contributed by atoms with E-state index in [4.69, 9.17) is 11.6 Å². The lowest BCUT2D eigenvalue weighted by molar-refractivity contribution is 0.0911. The minimum atomic E-state index is -0.383. The molecule has 0 atom stereocenters. The third-order valence-corrected chi connectivity index (χ3v) is 3.98. The molecule has 1 aromatic carbocycles. The number of carbonyl (C=O) groups is 1. The molecule has 1 aliphatic carbocycles. The van der Waals surface area contributed by atoms with Crippen LogP contribution in [0.3, 0.4) is 0 Å². The molecular weight excluding hydrogens is 277 g/mol. The molecule has 2 nitrogen and oxygen atoms in total. The predicted octanol–water partition coefficient (Wildman–Crippen LogP) is 4.42. The minimum Gasteiger partial charge on any atom is -0.317 e. The Labute approximate surface area is 122 Å². The van der Waals surface area contributed by atoms with Crippen molar-refractivity contribution < 1.29 is 9.18 Å². The van der Waals surface area contributed by atoms with Crippen LogP contribution in [0.5, 0.6) is 0 Å². The van der Waals surface area contributed by atoms with E-state index >= 15 is 0 Å². The maximum absolute atomic E-state index is 14.1. The van der Waals surface area contributed by atoms with E-state index in [0.29, 0.717) is 22.7 Å². The fraction of sp³-hybridized carbons (Fsp3) is 0.312. The smallest absolute Gasteiger partial charge is 0.165 e. The molecule has 0 saturated heterocycles. The quantitative estimate of drug-likeness (QED) is 0.762. The molecule has 4 heteroatoms. The average molecular weight is 292 g/mol. The second-order valence-electron chi connectivity index (χ2n) is 6.08. The fourth-order valence-corrected chi connectivity index (χ4v) is 3.01. The first kappa shape index (κ1) is 13.4. The molecule has 1 heterocycles. The molecule has 0 unspecified atom stereocenters. The van der Waals surface area contributed by atoms with Gasteiger partial charge in [0.15, 0.2) is 5.78 Å².